The molecule has 4 heteroatoms. The Balaban J connectivity index is 1.53. The molecule has 1 atom stereocenters. The van der Waals surface area contributed by atoms with Crippen LogP contribution in [0.3, 0.4) is 0 Å². The Hall–Kier alpha value is -2.49. The van der Waals surface area contributed by atoms with Crippen molar-refractivity contribution in [2.24, 2.45) is 0 Å². The molecule has 2 aromatic rings. The first-order valence-corrected chi connectivity index (χ1v) is 8.34. The Labute approximate surface area is 142 Å². The third-order valence-electron chi connectivity index (χ3n) is 4.22. The Morgan fingerprint density at radius 2 is 2.08 bits per heavy atom. The molecule has 1 heterocycles. The largest absolute Gasteiger partial charge is 0.493 e. The van der Waals surface area contributed by atoms with Gasteiger partial charge in [0.15, 0.2) is 0 Å². The first-order chi connectivity index (χ1) is 11.6. The number of hydrogen-bond donors (Lipinski definition) is 1. The molecule has 2 aromatic carbocycles. The number of benzene rings is 2. The van der Waals surface area contributed by atoms with Crippen molar-refractivity contribution >= 4 is 5.91 Å². The topological polar surface area (TPSA) is 47.6 Å². The monoisotopic (exact) mass is 325 g/mol. The van der Waals surface area contributed by atoms with E-state index in [1.54, 1.807) is 0 Å². The zero-order chi connectivity index (χ0) is 16.9. The van der Waals surface area contributed by atoms with Crippen LogP contribution in [0.1, 0.15) is 35.6 Å². The van der Waals surface area contributed by atoms with E-state index in [1.807, 2.05) is 50.2 Å². The summed E-state index contributed by atoms with van der Waals surface area (Å²) in [6, 6.07) is 14.0. The molecule has 24 heavy (non-hydrogen) atoms. The first kappa shape index (κ1) is 16.4. The summed E-state index contributed by atoms with van der Waals surface area (Å²) in [6.45, 7) is 5.04. The molecule has 0 radical (unpaired) electrons. The van der Waals surface area contributed by atoms with E-state index in [9.17, 15) is 4.79 Å². The molecule has 1 unspecified atom stereocenters. The first-order valence-electron chi connectivity index (χ1n) is 8.34. The molecule has 1 N–H and O–H groups in total. The van der Waals surface area contributed by atoms with E-state index in [0.717, 1.165) is 34.6 Å². The van der Waals surface area contributed by atoms with Gasteiger partial charge in [-0.3, -0.25) is 4.79 Å². The molecule has 0 saturated heterocycles. The summed E-state index contributed by atoms with van der Waals surface area (Å²) in [4.78, 5) is 12.2. The lowest BCUT2D eigenvalue weighted by Crippen LogP contribution is -2.32. The fourth-order valence-corrected chi connectivity index (χ4v) is 2.88. The van der Waals surface area contributed by atoms with Crippen molar-refractivity contribution < 1.29 is 14.3 Å². The van der Waals surface area contributed by atoms with Gasteiger partial charge in [0.25, 0.3) is 0 Å². The quantitative estimate of drug-likeness (QED) is 0.911. The number of ether oxygens (including phenoxy) is 2. The Morgan fingerprint density at radius 3 is 2.96 bits per heavy atom. The average Bonchev–Trinajstić information content (AvgIpc) is 2.58. The third-order valence-corrected chi connectivity index (χ3v) is 4.22. The fraction of sp³-hybridized carbons (Fsp3) is 0.350. The molecule has 126 valence electrons. The van der Waals surface area contributed by atoms with Gasteiger partial charge in [-0.1, -0.05) is 30.3 Å². The minimum Gasteiger partial charge on any atom is -0.493 e. The van der Waals surface area contributed by atoms with Crippen molar-refractivity contribution in [2.45, 2.75) is 32.7 Å². The van der Waals surface area contributed by atoms with Gasteiger partial charge < -0.3 is 14.8 Å². The molecule has 0 aromatic heterocycles. The summed E-state index contributed by atoms with van der Waals surface area (Å²) in [5.74, 6) is 1.71. The Morgan fingerprint density at radius 1 is 1.25 bits per heavy atom. The molecule has 1 aliphatic heterocycles. The summed E-state index contributed by atoms with van der Waals surface area (Å²) < 4.78 is 11.4. The van der Waals surface area contributed by atoms with Crippen LogP contribution in [-0.2, 0) is 4.79 Å². The van der Waals surface area contributed by atoms with E-state index in [4.69, 9.17) is 9.47 Å². The van der Waals surface area contributed by atoms with Crippen molar-refractivity contribution in [3.63, 3.8) is 0 Å². The molecule has 0 aliphatic carbocycles. The van der Waals surface area contributed by atoms with Gasteiger partial charge in [-0.25, -0.2) is 0 Å². The summed E-state index contributed by atoms with van der Waals surface area (Å²) in [5, 5.41) is 3.09. The molecular weight excluding hydrogens is 302 g/mol. The van der Waals surface area contributed by atoms with E-state index < -0.39 is 0 Å². The van der Waals surface area contributed by atoms with Crippen molar-refractivity contribution in [1.82, 2.24) is 5.32 Å². The van der Waals surface area contributed by atoms with Gasteiger partial charge >= 0.3 is 0 Å². The lowest BCUT2D eigenvalue weighted by Gasteiger charge is -2.26. The number of nitrogens with one attached hydrogen (secondary N) is 1. The van der Waals surface area contributed by atoms with E-state index in [1.165, 1.54) is 0 Å². The number of amides is 1. The number of carbonyl (C=O) groups excluding carboxylic acids is 1. The predicted molar refractivity (Wildman–Crippen MR) is 93.5 cm³/mol. The van der Waals surface area contributed by atoms with E-state index in [-0.39, 0.29) is 11.9 Å². The molecule has 0 bridgehead atoms. The maximum Gasteiger partial charge on any atom is 0.223 e. The molecular formula is C20H23NO3. The number of aryl methyl sites for hydroxylation is 2. The summed E-state index contributed by atoms with van der Waals surface area (Å²) >= 11 is 0. The number of para-hydroxylation sites is 1. The van der Waals surface area contributed by atoms with E-state index in [2.05, 4.69) is 11.4 Å². The minimum absolute atomic E-state index is 0.00186. The van der Waals surface area contributed by atoms with Gasteiger partial charge in [0.05, 0.1) is 25.7 Å². The van der Waals surface area contributed by atoms with Crippen LogP contribution in [0.25, 0.3) is 0 Å². The normalized spacial score (nSPS) is 16.0. The van der Waals surface area contributed by atoms with Gasteiger partial charge in [-0.15, -0.1) is 0 Å². The SMILES string of the molecule is Cc1ccc(C)c(OCCC(=O)NC2CCOc3ccccc32)c1. The van der Waals surface area contributed by atoms with Crippen LogP contribution in [-0.4, -0.2) is 19.1 Å². The second kappa shape index (κ2) is 7.39. The Bertz CT molecular complexity index is 727. The standard InChI is InChI=1S/C20H23NO3/c1-14-7-8-15(2)19(13-14)24-12-10-20(22)21-17-9-11-23-18-6-4-3-5-16(17)18/h3-8,13,17H,9-12H2,1-2H3,(H,21,22). The van der Waals surface area contributed by atoms with Crippen molar-refractivity contribution in [2.75, 3.05) is 13.2 Å². The van der Waals surface area contributed by atoms with Gasteiger partial charge in [0.1, 0.15) is 11.5 Å². The predicted octanol–water partition coefficient (Wildman–Crippen LogP) is 3.71. The lowest BCUT2D eigenvalue weighted by atomic mass is 10.0. The van der Waals surface area contributed by atoms with Crippen LogP contribution >= 0.6 is 0 Å². The number of rotatable bonds is 5. The van der Waals surface area contributed by atoms with Crippen LogP contribution in [0.5, 0.6) is 11.5 Å². The highest BCUT2D eigenvalue weighted by Crippen LogP contribution is 2.31. The van der Waals surface area contributed by atoms with Crippen LogP contribution in [0.15, 0.2) is 42.5 Å². The third kappa shape index (κ3) is 3.88. The van der Waals surface area contributed by atoms with Gasteiger partial charge in [0, 0.05) is 12.0 Å². The Kier molecular flexibility index (Phi) is 5.04. The van der Waals surface area contributed by atoms with Crippen LogP contribution in [0.2, 0.25) is 0 Å². The highest BCUT2D eigenvalue weighted by Gasteiger charge is 2.22. The molecule has 0 spiro atoms. The molecule has 0 fully saturated rings. The summed E-state index contributed by atoms with van der Waals surface area (Å²) in [5.41, 5.74) is 3.28. The molecule has 0 saturated carbocycles. The van der Waals surface area contributed by atoms with Crippen LogP contribution < -0.4 is 14.8 Å². The van der Waals surface area contributed by atoms with Crippen molar-refractivity contribution in [3.8, 4) is 11.5 Å². The minimum atomic E-state index is 0.00186. The summed E-state index contributed by atoms with van der Waals surface area (Å²) in [7, 11) is 0. The number of hydrogen-bond acceptors (Lipinski definition) is 3. The zero-order valence-electron chi connectivity index (χ0n) is 14.2. The zero-order valence-corrected chi connectivity index (χ0v) is 14.2. The lowest BCUT2D eigenvalue weighted by molar-refractivity contribution is -0.122. The maximum absolute atomic E-state index is 12.2. The number of carbonyl (C=O) groups is 1. The van der Waals surface area contributed by atoms with Gasteiger partial charge in [0.2, 0.25) is 5.91 Å². The fourth-order valence-electron chi connectivity index (χ4n) is 2.88. The molecule has 1 amide bonds. The van der Waals surface area contributed by atoms with Crippen molar-refractivity contribution in [3.05, 3.63) is 59.2 Å². The van der Waals surface area contributed by atoms with Gasteiger partial charge in [-0.2, -0.15) is 0 Å². The van der Waals surface area contributed by atoms with Crippen LogP contribution in [0, 0.1) is 13.8 Å². The van der Waals surface area contributed by atoms with Crippen LogP contribution in [0.4, 0.5) is 0 Å². The highest BCUT2D eigenvalue weighted by atomic mass is 16.5. The summed E-state index contributed by atoms with van der Waals surface area (Å²) in [6.07, 6.45) is 1.13. The molecule has 1 aliphatic rings. The van der Waals surface area contributed by atoms with E-state index >= 15 is 0 Å². The van der Waals surface area contributed by atoms with E-state index in [0.29, 0.717) is 19.6 Å². The average molecular weight is 325 g/mol. The second-order valence-corrected chi connectivity index (χ2v) is 6.16. The molecule has 4 nitrogen and oxygen atoms in total. The maximum atomic E-state index is 12.2. The smallest absolute Gasteiger partial charge is 0.223 e. The highest BCUT2D eigenvalue weighted by molar-refractivity contribution is 5.76. The van der Waals surface area contributed by atoms with Crippen molar-refractivity contribution in [1.29, 1.82) is 0 Å². The molecule has 3 rings (SSSR count). The number of fused-ring (bicyclic) bond motifs is 1. The van der Waals surface area contributed by atoms with Gasteiger partial charge in [-0.05, 0) is 37.1 Å². The second-order valence-electron chi connectivity index (χ2n) is 6.16.